The molecule has 5 nitrogen and oxygen atoms in total. The zero-order chi connectivity index (χ0) is 22.8. The average molecular weight is 417 g/mol. The van der Waals surface area contributed by atoms with Crippen LogP contribution < -0.4 is 0 Å². The van der Waals surface area contributed by atoms with E-state index in [1.165, 1.54) is 6.08 Å². The van der Waals surface area contributed by atoms with Gasteiger partial charge < -0.3 is 9.47 Å². The van der Waals surface area contributed by atoms with Crippen molar-refractivity contribution in [3.8, 4) is 0 Å². The number of hydrogen-bond acceptors (Lipinski definition) is 5. The molecule has 0 aliphatic heterocycles. The molecule has 0 aromatic carbocycles. The molecule has 0 aromatic rings. The van der Waals surface area contributed by atoms with Gasteiger partial charge in [-0.25, -0.2) is 9.59 Å². The number of rotatable bonds is 5. The minimum Gasteiger partial charge on any atom is -0.459 e. The van der Waals surface area contributed by atoms with E-state index in [9.17, 15) is 14.4 Å². The van der Waals surface area contributed by atoms with E-state index in [2.05, 4.69) is 20.4 Å². The molecule has 2 fully saturated rings. The quantitative estimate of drug-likeness (QED) is 0.360. The molecule has 2 saturated carbocycles. The van der Waals surface area contributed by atoms with Crippen molar-refractivity contribution in [3.05, 3.63) is 35.5 Å². The highest BCUT2D eigenvalue weighted by atomic mass is 16.6. The number of fused-ring (bicyclic) bond motifs is 1. The highest BCUT2D eigenvalue weighted by Crippen LogP contribution is 2.56. The standard InChI is InChI=1S/C25H36O5/c1-9-16(6)24(28)30-23-19-10-11-20(29-21(26)12-14(2)3)17(7)25(19,8)13-18(15(4)5)22(23)27/h9,12,17-20,23H,4,10-11,13H2,1-3,5-8H3/b16-9+/t17-,18-,19-,20+,23-,25+/m0/s1. The Morgan fingerprint density at radius 3 is 2.30 bits per heavy atom. The molecule has 2 aliphatic rings. The Hall–Kier alpha value is -2.17. The molecule has 0 bridgehead atoms. The van der Waals surface area contributed by atoms with Crippen LogP contribution in [0.4, 0.5) is 0 Å². The van der Waals surface area contributed by atoms with Crippen molar-refractivity contribution in [2.24, 2.45) is 23.2 Å². The van der Waals surface area contributed by atoms with Gasteiger partial charge in [-0.2, -0.15) is 0 Å². The maximum atomic E-state index is 13.2. The predicted octanol–water partition coefficient (Wildman–Crippen LogP) is 4.96. The molecule has 0 unspecified atom stereocenters. The molecule has 5 heteroatoms. The molecule has 2 rings (SSSR count). The van der Waals surface area contributed by atoms with Gasteiger partial charge >= 0.3 is 11.9 Å². The summed E-state index contributed by atoms with van der Waals surface area (Å²) in [4.78, 5) is 38.0. The first-order valence-electron chi connectivity index (χ1n) is 10.8. The van der Waals surface area contributed by atoms with E-state index in [4.69, 9.17) is 9.47 Å². The van der Waals surface area contributed by atoms with Gasteiger partial charge in [0.1, 0.15) is 6.10 Å². The first-order chi connectivity index (χ1) is 13.9. The van der Waals surface area contributed by atoms with E-state index in [1.807, 2.05) is 20.8 Å². The smallest absolute Gasteiger partial charge is 0.334 e. The van der Waals surface area contributed by atoms with Gasteiger partial charge in [-0.1, -0.05) is 37.6 Å². The number of ketones is 1. The van der Waals surface area contributed by atoms with Crippen molar-refractivity contribution in [2.75, 3.05) is 0 Å². The molecule has 0 saturated heterocycles. The Balaban J connectivity index is 2.36. The maximum absolute atomic E-state index is 13.2. The zero-order valence-electron chi connectivity index (χ0n) is 19.4. The normalized spacial score (nSPS) is 33.9. The zero-order valence-corrected chi connectivity index (χ0v) is 19.4. The molecule has 0 spiro atoms. The van der Waals surface area contributed by atoms with Crippen LogP contribution in [0.2, 0.25) is 0 Å². The summed E-state index contributed by atoms with van der Waals surface area (Å²) in [5.74, 6) is -1.30. The predicted molar refractivity (Wildman–Crippen MR) is 117 cm³/mol. The van der Waals surface area contributed by atoms with Gasteiger partial charge in [-0.05, 0) is 65.2 Å². The van der Waals surface area contributed by atoms with Crippen LogP contribution in [0.25, 0.3) is 0 Å². The van der Waals surface area contributed by atoms with E-state index in [0.29, 0.717) is 24.8 Å². The monoisotopic (exact) mass is 416 g/mol. The number of allylic oxidation sites excluding steroid dienone is 3. The van der Waals surface area contributed by atoms with E-state index in [-0.39, 0.29) is 41.0 Å². The summed E-state index contributed by atoms with van der Waals surface area (Å²) < 4.78 is 11.6. The molecule has 30 heavy (non-hydrogen) atoms. The van der Waals surface area contributed by atoms with Gasteiger partial charge in [0.15, 0.2) is 11.9 Å². The summed E-state index contributed by atoms with van der Waals surface area (Å²) in [6, 6.07) is 0. The number of hydrogen-bond donors (Lipinski definition) is 0. The van der Waals surface area contributed by atoms with Crippen LogP contribution in [-0.4, -0.2) is 29.9 Å². The molecule has 0 amide bonds. The first kappa shape index (κ1) is 24.1. The van der Waals surface area contributed by atoms with Gasteiger partial charge in [0, 0.05) is 23.5 Å². The van der Waals surface area contributed by atoms with Gasteiger partial charge in [0.25, 0.3) is 0 Å². The Morgan fingerprint density at radius 1 is 1.13 bits per heavy atom. The van der Waals surface area contributed by atoms with E-state index < -0.39 is 12.1 Å². The Morgan fingerprint density at radius 2 is 1.77 bits per heavy atom. The fourth-order valence-electron chi connectivity index (χ4n) is 4.92. The summed E-state index contributed by atoms with van der Waals surface area (Å²) in [6.07, 6.45) is 4.09. The van der Waals surface area contributed by atoms with Crippen LogP contribution in [0.5, 0.6) is 0 Å². The largest absolute Gasteiger partial charge is 0.459 e. The molecule has 0 N–H and O–H groups in total. The van der Waals surface area contributed by atoms with E-state index in [1.54, 1.807) is 19.9 Å². The highest BCUT2D eigenvalue weighted by Gasteiger charge is 2.58. The van der Waals surface area contributed by atoms with Crippen molar-refractivity contribution in [1.29, 1.82) is 0 Å². The number of Topliss-reactive ketones (excluding diaryl/α,β-unsaturated/α-hetero) is 1. The lowest BCUT2D eigenvalue weighted by atomic mass is 9.51. The SMILES string of the molecule is C=C(C)[C@@H]1C[C@]2(C)[C@@H](C)[C@H](OC(=O)C=C(C)C)CC[C@H]2[C@H](OC(=O)/C(C)=C/C)C1=O. The maximum Gasteiger partial charge on any atom is 0.334 e. The molecule has 6 atom stereocenters. The van der Waals surface area contributed by atoms with Crippen LogP contribution in [0, 0.1) is 23.2 Å². The second-order valence-electron chi connectivity index (χ2n) is 9.48. The minimum atomic E-state index is -0.801. The van der Waals surface area contributed by atoms with Crippen LogP contribution in [0.1, 0.15) is 67.7 Å². The van der Waals surface area contributed by atoms with Crippen molar-refractivity contribution < 1.29 is 23.9 Å². The first-order valence-corrected chi connectivity index (χ1v) is 10.8. The lowest BCUT2D eigenvalue weighted by molar-refractivity contribution is -0.183. The Kier molecular flexibility index (Phi) is 7.49. The lowest BCUT2D eigenvalue weighted by Gasteiger charge is -2.55. The van der Waals surface area contributed by atoms with Crippen LogP contribution in [0.15, 0.2) is 35.5 Å². The Labute approximate surface area is 180 Å². The second kappa shape index (κ2) is 9.32. The van der Waals surface area contributed by atoms with Gasteiger partial charge in [0.05, 0.1) is 0 Å². The topological polar surface area (TPSA) is 69.7 Å². The molecule has 166 valence electrons. The number of ether oxygens (including phenoxy) is 2. The second-order valence-corrected chi connectivity index (χ2v) is 9.48. The molecule has 2 aliphatic carbocycles. The van der Waals surface area contributed by atoms with Crippen molar-refractivity contribution in [1.82, 2.24) is 0 Å². The van der Waals surface area contributed by atoms with Gasteiger partial charge in [-0.15, -0.1) is 0 Å². The van der Waals surface area contributed by atoms with Crippen molar-refractivity contribution in [3.63, 3.8) is 0 Å². The van der Waals surface area contributed by atoms with Gasteiger partial charge in [0.2, 0.25) is 0 Å². The summed E-state index contributed by atoms with van der Waals surface area (Å²) >= 11 is 0. The third-order valence-electron chi connectivity index (χ3n) is 7.10. The molecule has 0 radical (unpaired) electrons. The Bertz CT molecular complexity index is 785. The fourth-order valence-corrected chi connectivity index (χ4v) is 4.92. The third-order valence-corrected chi connectivity index (χ3v) is 7.10. The summed E-state index contributed by atoms with van der Waals surface area (Å²) in [6.45, 7) is 17.3. The number of carbonyl (C=O) groups is 3. The summed E-state index contributed by atoms with van der Waals surface area (Å²) in [5.41, 5.74) is 1.84. The molecular formula is C25H36O5. The van der Waals surface area contributed by atoms with Crippen LogP contribution >= 0.6 is 0 Å². The lowest BCUT2D eigenvalue weighted by Crippen LogP contribution is -2.58. The number of carbonyl (C=O) groups excluding carboxylic acids is 3. The highest BCUT2D eigenvalue weighted by molar-refractivity contribution is 5.94. The average Bonchev–Trinajstić information content (AvgIpc) is 2.65. The van der Waals surface area contributed by atoms with Crippen LogP contribution in [-0.2, 0) is 23.9 Å². The van der Waals surface area contributed by atoms with Crippen LogP contribution in [0.3, 0.4) is 0 Å². The van der Waals surface area contributed by atoms with E-state index >= 15 is 0 Å². The van der Waals surface area contributed by atoms with Crippen molar-refractivity contribution in [2.45, 2.75) is 79.9 Å². The summed E-state index contributed by atoms with van der Waals surface area (Å²) in [7, 11) is 0. The van der Waals surface area contributed by atoms with E-state index in [0.717, 1.165) is 11.1 Å². The molecular weight excluding hydrogens is 380 g/mol. The fraction of sp³-hybridized carbons (Fsp3) is 0.640. The molecule has 0 aromatic heterocycles. The number of esters is 2. The third kappa shape index (κ3) is 4.76. The van der Waals surface area contributed by atoms with Crippen molar-refractivity contribution >= 4 is 17.7 Å². The molecule has 0 heterocycles. The van der Waals surface area contributed by atoms with Gasteiger partial charge in [-0.3, -0.25) is 4.79 Å². The summed E-state index contributed by atoms with van der Waals surface area (Å²) in [5, 5.41) is 0. The minimum absolute atomic E-state index is 0.0183.